The number of anilines is 2. The second kappa shape index (κ2) is 7.60. The van der Waals surface area contributed by atoms with E-state index in [1.165, 1.54) is 0 Å². The minimum absolute atomic E-state index is 0.0152. The van der Waals surface area contributed by atoms with Crippen LogP contribution in [0.3, 0.4) is 0 Å². The fourth-order valence-electron chi connectivity index (χ4n) is 3.46. The molecule has 0 radical (unpaired) electrons. The third kappa shape index (κ3) is 3.45. The molecule has 5 heteroatoms. The van der Waals surface area contributed by atoms with Crippen LogP contribution < -0.4 is 9.80 Å². The van der Waals surface area contributed by atoms with Crippen molar-refractivity contribution in [1.82, 2.24) is 0 Å². The van der Waals surface area contributed by atoms with E-state index in [2.05, 4.69) is 15.9 Å². The van der Waals surface area contributed by atoms with Crippen LogP contribution in [-0.4, -0.2) is 18.4 Å². The number of hydrogen-bond donors (Lipinski definition) is 0. The number of halogens is 1. The molecule has 1 heterocycles. The lowest BCUT2D eigenvalue weighted by atomic mass is 9.99. The molecule has 4 nitrogen and oxygen atoms in total. The lowest BCUT2D eigenvalue weighted by Crippen LogP contribution is -2.56. The number of aryl methyl sites for hydroxylation is 1. The number of benzene rings is 3. The average molecular weight is 435 g/mol. The SMILES string of the molecule is Cc1ccc(N2CC(=O)N(c3ccc(Br)cc3)[C@H](c3ccccc3)C2=O)cc1. The molecule has 1 aliphatic heterocycles. The molecule has 0 unspecified atom stereocenters. The van der Waals surface area contributed by atoms with Gasteiger partial charge in [-0.05, 0) is 48.9 Å². The van der Waals surface area contributed by atoms with Gasteiger partial charge in [-0.3, -0.25) is 14.5 Å². The molecule has 140 valence electrons. The Morgan fingerprint density at radius 2 is 1.43 bits per heavy atom. The van der Waals surface area contributed by atoms with Crippen molar-refractivity contribution in [2.75, 3.05) is 16.3 Å². The predicted molar refractivity (Wildman–Crippen MR) is 114 cm³/mol. The number of nitrogens with zero attached hydrogens (tertiary/aromatic N) is 2. The van der Waals surface area contributed by atoms with Crippen LogP contribution in [0.25, 0.3) is 0 Å². The topological polar surface area (TPSA) is 40.6 Å². The third-order valence-electron chi connectivity index (χ3n) is 4.89. The number of amides is 2. The summed E-state index contributed by atoms with van der Waals surface area (Å²) < 4.78 is 0.921. The van der Waals surface area contributed by atoms with E-state index in [0.29, 0.717) is 5.69 Å². The minimum Gasteiger partial charge on any atom is -0.301 e. The highest BCUT2D eigenvalue weighted by atomic mass is 79.9. The summed E-state index contributed by atoms with van der Waals surface area (Å²) in [4.78, 5) is 29.9. The van der Waals surface area contributed by atoms with Crippen LogP contribution in [0.5, 0.6) is 0 Å². The van der Waals surface area contributed by atoms with E-state index in [-0.39, 0.29) is 18.4 Å². The van der Waals surface area contributed by atoms with E-state index in [1.54, 1.807) is 9.80 Å². The molecule has 3 aromatic carbocycles. The molecule has 0 saturated carbocycles. The predicted octanol–water partition coefficient (Wildman–Crippen LogP) is 4.88. The average Bonchev–Trinajstić information content (AvgIpc) is 2.71. The first-order chi connectivity index (χ1) is 13.5. The number of piperazine rings is 1. The Hall–Kier alpha value is -2.92. The summed E-state index contributed by atoms with van der Waals surface area (Å²) in [6.45, 7) is 2.01. The van der Waals surface area contributed by atoms with Crippen LogP contribution in [0.2, 0.25) is 0 Å². The van der Waals surface area contributed by atoms with Gasteiger partial charge in [0.2, 0.25) is 5.91 Å². The number of carbonyl (C=O) groups excluding carboxylic acids is 2. The lowest BCUT2D eigenvalue weighted by Gasteiger charge is -2.40. The van der Waals surface area contributed by atoms with Crippen LogP contribution in [0.4, 0.5) is 11.4 Å². The van der Waals surface area contributed by atoms with Crippen LogP contribution in [0.15, 0.2) is 83.3 Å². The molecule has 0 spiro atoms. The van der Waals surface area contributed by atoms with Gasteiger partial charge in [0.25, 0.3) is 5.91 Å². The Morgan fingerprint density at radius 3 is 2.07 bits per heavy atom. The smallest absolute Gasteiger partial charge is 0.255 e. The summed E-state index contributed by atoms with van der Waals surface area (Å²) in [5.74, 6) is -0.228. The molecule has 28 heavy (non-hydrogen) atoms. The van der Waals surface area contributed by atoms with Gasteiger partial charge >= 0.3 is 0 Å². The first-order valence-electron chi connectivity index (χ1n) is 9.05. The Balaban J connectivity index is 1.79. The van der Waals surface area contributed by atoms with Crippen LogP contribution >= 0.6 is 15.9 Å². The Bertz CT molecular complexity index is 1000. The Morgan fingerprint density at radius 1 is 0.821 bits per heavy atom. The van der Waals surface area contributed by atoms with E-state index in [9.17, 15) is 9.59 Å². The Labute approximate surface area is 172 Å². The first kappa shape index (κ1) is 18.4. The van der Waals surface area contributed by atoms with Crippen molar-refractivity contribution in [3.05, 3.63) is 94.5 Å². The highest BCUT2D eigenvalue weighted by Gasteiger charge is 2.41. The summed E-state index contributed by atoms with van der Waals surface area (Å²) in [6.07, 6.45) is 0. The molecule has 1 aliphatic rings. The van der Waals surface area contributed by atoms with Crippen molar-refractivity contribution in [1.29, 1.82) is 0 Å². The summed E-state index contributed by atoms with van der Waals surface area (Å²) >= 11 is 3.42. The highest BCUT2D eigenvalue weighted by molar-refractivity contribution is 9.10. The van der Waals surface area contributed by atoms with E-state index in [1.807, 2.05) is 85.8 Å². The molecule has 1 saturated heterocycles. The van der Waals surface area contributed by atoms with E-state index < -0.39 is 6.04 Å². The fourth-order valence-corrected chi connectivity index (χ4v) is 3.72. The third-order valence-corrected chi connectivity index (χ3v) is 5.41. The van der Waals surface area contributed by atoms with Gasteiger partial charge in [-0.2, -0.15) is 0 Å². The van der Waals surface area contributed by atoms with Crippen molar-refractivity contribution < 1.29 is 9.59 Å². The van der Waals surface area contributed by atoms with Gasteiger partial charge in [0.1, 0.15) is 12.6 Å². The van der Waals surface area contributed by atoms with Gasteiger partial charge in [-0.25, -0.2) is 0 Å². The molecule has 1 atom stereocenters. The molecule has 0 bridgehead atoms. The molecule has 1 fully saturated rings. The summed E-state index contributed by atoms with van der Waals surface area (Å²) in [6, 6.07) is 23.9. The fraction of sp³-hybridized carbons (Fsp3) is 0.130. The molecule has 0 aromatic heterocycles. The van der Waals surface area contributed by atoms with Crippen molar-refractivity contribution in [2.45, 2.75) is 13.0 Å². The Kier molecular flexibility index (Phi) is 5.01. The quantitative estimate of drug-likeness (QED) is 0.589. The zero-order valence-electron chi connectivity index (χ0n) is 15.4. The summed E-state index contributed by atoms with van der Waals surface area (Å²) in [5.41, 5.74) is 3.34. The maximum absolute atomic E-state index is 13.5. The van der Waals surface area contributed by atoms with E-state index in [0.717, 1.165) is 21.3 Å². The molecule has 0 aliphatic carbocycles. The van der Waals surface area contributed by atoms with Gasteiger partial charge < -0.3 is 4.90 Å². The number of carbonyl (C=O) groups is 2. The molecular weight excluding hydrogens is 416 g/mol. The van der Waals surface area contributed by atoms with Crippen molar-refractivity contribution in [3.8, 4) is 0 Å². The monoisotopic (exact) mass is 434 g/mol. The number of hydrogen-bond acceptors (Lipinski definition) is 2. The van der Waals surface area contributed by atoms with Crippen LogP contribution in [-0.2, 0) is 9.59 Å². The molecule has 0 N–H and O–H groups in total. The lowest BCUT2D eigenvalue weighted by molar-refractivity contribution is -0.128. The zero-order valence-corrected chi connectivity index (χ0v) is 17.0. The van der Waals surface area contributed by atoms with Gasteiger partial charge in [0.15, 0.2) is 0 Å². The standard InChI is InChI=1S/C23H19BrN2O2/c1-16-7-11-19(12-8-16)25-15-21(27)26(20-13-9-18(24)10-14-20)22(23(25)28)17-5-3-2-4-6-17/h2-14,22H,15H2,1H3/t22-/m1/s1. The van der Waals surface area contributed by atoms with Crippen molar-refractivity contribution >= 4 is 39.1 Å². The molecule has 2 amide bonds. The first-order valence-corrected chi connectivity index (χ1v) is 9.84. The van der Waals surface area contributed by atoms with Crippen molar-refractivity contribution in [3.63, 3.8) is 0 Å². The summed E-state index contributed by atoms with van der Waals surface area (Å²) in [5, 5.41) is 0. The maximum Gasteiger partial charge on any atom is 0.255 e. The van der Waals surface area contributed by atoms with Crippen molar-refractivity contribution in [2.24, 2.45) is 0 Å². The highest BCUT2D eigenvalue weighted by Crippen LogP contribution is 2.35. The molecule has 4 rings (SSSR count). The van der Waals surface area contributed by atoms with Gasteiger partial charge in [-0.15, -0.1) is 0 Å². The summed E-state index contributed by atoms with van der Waals surface area (Å²) in [7, 11) is 0. The van der Waals surface area contributed by atoms with Crippen LogP contribution in [0.1, 0.15) is 17.2 Å². The van der Waals surface area contributed by atoms with Gasteiger partial charge in [0.05, 0.1) is 0 Å². The van der Waals surface area contributed by atoms with E-state index in [4.69, 9.17) is 0 Å². The molecular formula is C23H19BrN2O2. The maximum atomic E-state index is 13.5. The van der Waals surface area contributed by atoms with Gasteiger partial charge in [0, 0.05) is 15.8 Å². The molecule has 3 aromatic rings. The van der Waals surface area contributed by atoms with Gasteiger partial charge in [-0.1, -0.05) is 64.0 Å². The largest absolute Gasteiger partial charge is 0.301 e. The minimum atomic E-state index is -0.704. The normalized spacial score (nSPS) is 17.1. The zero-order chi connectivity index (χ0) is 19.7. The van der Waals surface area contributed by atoms with E-state index >= 15 is 0 Å². The van der Waals surface area contributed by atoms with Crippen LogP contribution in [0, 0.1) is 6.92 Å². The number of rotatable bonds is 3. The second-order valence-corrected chi connectivity index (χ2v) is 7.73. The second-order valence-electron chi connectivity index (χ2n) is 6.81.